The Morgan fingerprint density at radius 3 is 3.00 bits per heavy atom. The highest BCUT2D eigenvalue weighted by Gasteiger charge is 2.29. The number of ether oxygens (including phenoxy) is 1. The predicted molar refractivity (Wildman–Crippen MR) is 69.6 cm³/mol. The molecular weight excluding hydrogens is 246 g/mol. The number of hydrogen-bond acceptors (Lipinski definition) is 4. The topological polar surface area (TPSA) is 71.5 Å². The Bertz CT molecular complexity index is 450. The summed E-state index contributed by atoms with van der Waals surface area (Å²) in [7, 11) is 1.37. The molecule has 2 rings (SSSR count). The predicted octanol–water partition coefficient (Wildman–Crippen LogP) is 1.50. The van der Waals surface area contributed by atoms with Gasteiger partial charge in [0.25, 0.3) is 0 Å². The van der Waals surface area contributed by atoms with Crippen molar-refractivity contribution in [3.05, 3.63) is 24.4 Å². The molecule has 6 heteroatoms. The van der Waals surface area contributed by atoms with Gasteiger partial charge in [0, 0.05) is 19.3 Å². The fraction of sp³-hybridized carbons (Fsp3) is 0.462. The van der Waals surface area contributed by atoms with E-state index in [9.17, 15) is 9.59 Å². The van der Waals surface area contributed by atoms with Gasteiger partial charge in [0.05, 0.1) is 13.0 Å². The van der Waals surface area contributed by atoms with Crippen LogP contribution in [0.4, 0.5) is 10.6 Å². The molecule has 0 radical (unpaired) electrons. The average Bonchev–Trinajstić information content (AvgIpc) is 2.47. The number of aromatic nitrogens is 1. The molecule has 2 heterocycles. The number of pyridine rings is 1. The number of amides is 2. The third-order valence-corrected chi connectivity index (χ3v) is 3.14. The zero-order valence-electron chi connectivity index (χ0n) is 10.8. The monoisotopic (exact) mass is 263 g/mol. The number of nitrogens with zero attached hydrogens (tertiary/aromatic N) is 2. The Balaban J connectivity index is 1.94. The van der Waals surface area contributed by atoms with Crippen LogP contribution in [-0.4, -0.2) is 42.1 Å². The third-order valence-electron chi connectivity index (χ3n) is 3.14. The number of carbonyl (C=O) groups excluding carboxylic acids is 2. The Morgan fingerprint density at radius 1 is 1.47 bits per heavy atom. The van der Waals surface area contributed by atoms with E-state index in [0.29, 0.717) is 18.9 Å². The number of rotatable bonds is 2. The number of urea groups is 1. The molecule has 0 saturated carbocycles. The van der Waals surface area contributed by atoms with Crippen molar-refractivity contribution >= 4 is 17.8 Å². The number of piperidine rings is 1. The summed E-state index contributed by atoms with van der Waals surface area (Å²) in [5.41, 5.74) is 0. The van der Waals surface area contributed by atoms with Gasteiger partial charge in [0.15, 0.2) is 0 Å². The molecule has 1 saturated heterocycles. The summed E-state index contributed by atoms with van der Waals surface area (Å²) in [6.07, 6.45) is 3.18. The first-order chi connectivity index (χ1) is 9.20. The summed E-state index contributed by atoms with van der Waals surface area (Å²) in [5, 5.41) is 2.71. The summed E-state index contributed by atoms with van der Waals surface area (Å²) >= 11 is 0. The maximum absolute atomic E-state index is 12.0. The zero-order valence-corrected chi connectivity index (χ0v) is 10.8. The normalized spacial score (nSPS) is 18.8. The SMILES string of the molecule is COC(=O)C1CCCN(C(=O)Nc2ccccn2)C1. The molecular formula is C13H17N3O3. The molecule has 1 atom stereocenters. The molecule has 1 fully saturated rings. The number of nitrogens with one attached hydrogen (secondary N) is 1. The largest absolute Gasteiger partial charge is 0.469 e. The average molecular weight is 263 g/mol. The highest BCUT2D eigenvalue weighted by molar-refractivity contribution is 5.88. The van der Waals surface area contributed by atoms with Crippen molar-refractivity contribution in [2.75, 3.05) is 25.5 Å². The van der Waals surface area contributed by atoms with Gasteiger partial charge >= 0.3 is 12.0 Å². The highest BCUT2D eigenvalue weighted by atomic mass is 16.5. The minimum Gasteiger partial charge on any atom is -0.469 e. The van der Waals surface area contributed by atoms with Crippen molar-refractivity contribution < 1.29 is 14.3 Å². The first-order valence-corrected chi connectivity index (χ1v) is 6.25. The number of hydrogen-bond donors (Lipinski definition) is 1. The van der Waals surface area contributed by atoms with Crippen LogP contribution >= 0.6 is 0 Å². The number of anilines is 1. The van der Waals surface area contributed by atoms with Crippen molar-refractivity contribution in [2.24, 2.45) is 5.92 Å². The number of esters is 1. The standard InChI is InChI=1S/C13H17N3O3/c1-19-12(17)10-5-4-8-16(9-10)13(18)15-11-6-2-3-7-14-11/h2-3,6-7,10H,4-5,8-9H2,1H3,(H,14,15,18). The minimum atomic E-state index is -0.254. The molecule has 0 bridgehead atoms. The van der Waals surface area contributed by atoms with Crippen LogP contribution in [0.5, 0.6) is 0 Å². The van der Waals surface area contributed by atoms with E-state index in [-0.39, 0.29) is 17.9 Å². The van der Waals surface area contributed by atoms with Crippen molar-refractivity contribution in [3.8, 4) is 0 Å². The molecule has 1 unspecified atom stereocenters. The maximum Gasteiger partial charge on any atom is 0.323 e. The molecule has 1 aromatic rings. The van der Waals surface area contributed by atoms with Crippen LogP contribution in [0, 0.1) is 5.92 Å². The molecule has 6 nitrogen and oxygen atoms in total. The van der Waals surface area contributed by atoms with Crippen LogP contribution in [-0.2, 0) is 9.53 Å². The summed E-state index contributed by atoms with van der Waals surface area (Å²) in [6.45, 7) is 1.04. The fourth-order valence-electron chi connectivity index (χ4n) is 2.15. The first-order valence-electron chi connectivity index (χ1n) is 6.25. The lowest BCUT2D eigenvalue weighted by Crippen LogP contribution is -2.44. The van der Waals surface area contributed by atoms with Crippen LogP contribution in [0.25, 0.3) is 0 Å². The quantitative estimate of drug-likeness (QED) is 0.821. The van der Waals surface area contributed by atoms with Gasteiger partial charge < -0.3 is 9.64 Å². The second kappa shape index (κ2) is 6.17. The van der Waals surface area contributed by atoms with Crippen molar-refractivity contribution in [3.63, 3.8) is 0 Å². The molecule has 102 valence electrons. The molecule has 1 N–H and O–H groups in total. The summed E-state index contributed by atoms with van der Waals surface area (Å²) in [4.78, 5) is 29.2. The molecule has 1 aromatic heterocycles. The van der Waals surface area contributed by atoms with Crippen LogP contribution in [0.15, 0.2) is 24.4 Å². The van der Waals surface area contributed by atoms with E-state index in [1.807, 2.05) is 0 Å². The smallest absolute Gasteiger partial charge is 0.323 e. The molecule has 1 aliphatic heterocycles. The zero-order chi connectivity index (χ0) is 13.7. The van der Waals surface area contributed by atoms with Crippen LogP contribution in [0.3, 0.4) is 0 Å². The summed E-state index contributed by atoms with van der Waals surface area (Å²) < 4.78 is 4.73. The number of carbonyl (C=O) groups is 2. The molecule has 1 aliphatic rings. The van der Waals surface area contributed by atoms with Crippen LogP contribution < -0.4 is 5.32 Å². The fourth-order valence-corrected chi connectivity index (χ4v) is 2.15. The molecule has 0 aromatic carbocycles. The van der Waals surface area contributed by atoms with Gasteiger partial charge in [-0.1, -0.05) is 6.07 Å². The molecule has 0 spiro atoms. The van der Waals surface area contributed by atoms with Gasteiger partial charge in [-0.15, -0.1) is 0 Å². The van der Waals surface area contributed by atoms with Crippen LogP contribution in [0.2, 0.25) is 0 Å². The van der Waals surface area contributed by atoms with E-state index >= 15 is 0 Å². The van der Waals surface area contributed by atoms with Gasteiger partial charge in [-0.25, -0.2) is 9.78 Å². The summed E-state index contributed by atoms with van der Waals surface area (Å²) in [5.74, 6) is 0.0243. The lowest BCUT2D eigenvalue weighted by atomic mass is 9.98. The molecule has 19 heavy (non-hydrogen) atoms. The van der Waals surface area contributed by atoms with Gasteiger partial charge in [0.1, 0.15) is 5.82 Å². The van der Waals surface area contributed by atoms with Crippen LogP contribution in [0.1, 0.15) is 12.8 Å². The third kappa shape index (κ3) is 3.43. The van der Waals surface area contributed by atoms with E-state index in [1.165, 1.54) is 7.11 Å². The Morgan fingerprint density at radius 2 is 2.32 bits per heavy atom. The lowest BCUT2D eigenvalue weighted by Gasteiger charge is -2.31. The second-order valence-corrected chi connectivity index (χ2v) is 4.45. The van der Waals surface area contributed by atoms with E-state index in [4.69, 9.17) is 4.74 Å². The Kier molecular flexibility index (Phi) is 4.33. The Hall–Kier alpha value is -2.11. The van der Waals surface area contributed by atoms with Crippen molar-refractivity contribution in [1.82, 2.24) is 9.88 Å². The van der Waals surface area contributed by atoms with E-state index < -0.39 is 0 Å². The van der Waals surface area contributed by atoms with Gasteiger partial charge in [0.2, 0.25) is 0 Å². The Labute approximate surface area is 111 Å². The number of methoxy groups -OCH3 is 1. The minimum absolute atomic E-state index is 0.228. The first kappa shape index (κ1) is 13.3. The van der Waals surface area contributed by atoms with Gasteiger partial charge in [-0.3, -0.25) is 10.1 Å². The summed E-state index contributed by atoms with van der Waals surface area (Å²) in [6, 6.07) is 5.08. The molecule has 0 aliphatic carbocycles. The van der Waals surface area contributed by atoms with Crippen molar-refractivity contribution in [1.29, 1.82) is 0 Å². The second-order valence-electron chi connectivity index (χ2n) is 4.45. The number of likely N-dealkylation sites (tertiary alicyclic amines) is 1. The molecule has 2 amide bonds. The van der Waals surface area contributed by atoms with E-state index in [1.54, 1.807) is 29.3 Å². The highest BCUT2D eigenvalue weighted by Crippen LogP contribution is 2.18. The van der Waals surface area contributed by atoms with E-state index in [0.717, 1.165) is 12.8 Å². The van der Waals surface area contributed by atoms with E-state index in [2.05, 4.69) is 10.3 Å². The maximum atomic E-state index is 12.0. The van der Waals surface area contributed by atoms with Gasteiger partial charge in [-0.05, 0) is 25.0 Å². The van der Waals surface area contributed by atoms with Crippen molar-refractivity contribution in [2.45, 2.75) is 12.8 Å². The lowest BCUT2D eigenvalue weighted by molar-refractivity contribution is -0.146. The van der Waals surface area contributed by atoms with Gasteiger partial charge in [-0.2, -0.15) is 0 Å².